The molecular formula is C23H24N2O3. The molecule has 2 aromatic carbocycles. The first-order valence-corrected chi connectivity index (χ1v) is 9.78. The van der Waals surface area contributed by atoms with Crippen molar-refractivity contribution in [3.8, 4) is 0 Å². The fourth-order valence-electron chi connectivity index (χ4n) is 3.74. The van der Waals surface area contributed by atoms with Gasteiger partial charge in [-0.25, -0.2) is 4.79 Å². The van der Waals surface area contributed by atoms with Gasteiger partial charge >= 0.3 is 5.97 Å². The molecule has 1 aromatic heterocycles. The maximum atomic E-state index is 12.6. The summed E-state index contributed by atoms with van der Waals surface area (Å²) in [6.45, 7) is 2.00. The first-order chi connectivity index (χ1) is 13.6. The first-order valence-electron chi connectivity index (χ1n) is 9.78. The number of carbonyl (C=O) groups excluding carboxylic acids is 2. The summed E-state index contributed by atoms with van der Waals surface area (Å²) in [7, 11) is 0. The second-order valence-electron chi connectivity index (χ2n) is 7.30. The zero-order chi connectivity index (χ0) is 19.5. The number of hydrogen-bond donors (Lipinski definition) is 2. The second-order valence-corrected chi connectivity index (χ2v) is 7.30. The van der Waals surface area contributed by atoms with Crippen molar-refractivity contribution in [2.75, 3.05) is 0 Å². The van der Waals surface area contributed by atoms with Crippen molar-refractivity contribution in [1.29, 1.82) is 0 Å². The van der Waals surface area contributed by atoms with Crippen LogP contribution < -0.4 is 5.32 Å². The van der Waals surface area contributed by atoms with Gasteiger partial charge in [-0.05, 0) is 61.9 Å². The third kappa shape index (κ3) is 3.79. The van der Waals surface area contributed by atoms with Crippen LogP contribution in [-0.2, 0) is 28.9 Å². The van der Waals surface area contributed by atoms with Crippen molar-refractivity contribution >= 4 is 22.8 Å². The molecule has 1 amide bonds. The minimum absolute atomic E-state index is 0.308. The van der Waals surface area contributed by atoms with Crippen LogP contribution in [0.5, 0.6) is 0 Å². The smallest absolute Gasteiger partial charge is 0.338 e. The highest BCUT2D eigenvalue weighted by atomic mass is 16.5. The summed E-state index contributed by atoms with van der Waals surface area (Å²) in [5, 5.41) is 3.89. The SMILES string of the molecule is CC(OC(=O)c1ccc2[nH]c3c(c2c1)CCCC3)C(=O)NCc1ccccc1. The molecule has 1 heterocycles. The van der Waals surface area contributed by atoms with E-state index in [2.05, 4.69) is 10.3 Å². The van der Waals surface area contributed by atoms with E-state index in [9.17, 15) is 9.59 Å². The number of aromatic amines is 1. The quantitative estimate of drug-likeness (QED) is 0.663. The van der Waals surface area contributed by atoms with Crippen LogP contribution in [0.15, 0.2) is 48.5 Å². The molecule has 0 saturated heterocycles. The molecule has 144 valence electrons. The number of aryl methyl sites for hydroxylation is 2. The summed E-state index contributed by atoms with van der Waals surface area (Å²) >= 11 is 0. The van der Waals surface area contributed by atoms with Crippen LogP contribution in [0.1, 0.15) is 46.9 Å². The second kappa shape index (κ2) is 7.89. The molecule has 0 bridgehead atoms. The highest BCUT2D eigenvalue weighted by Gasteiger charge is 2.21. The maximum absolute atomic E-state index is 12.6. The Morgan fingerprint density at radius 3 is 2.71 bits per heavy atom. The summed E-state index contributed by atoms with van der Waals surface area (Å²) < 4.78 is 5.39. The molecule has 0 saturated carbocycles. The standard InChI is InChI=1S/C23H24N2O3/c1-15(22(26)24-14-16-7-3-2-4-8-16)28-23(27)17-11-12-21-19(13-17)18-9-5-6-10-20(18)25-21/h2-4,7-8,11-13,15,25H,5-6,9-10,14H2,1H3,(H,24,26). The Bertz CT molecular complexity index is 1010. The summed E-state index contributed by atoms with van der Waals surface area (Å²) in [4.78, 5) is 28.3. The Labute approximate surface area is 164 Å². The fourth-order valence-corrected chi connectivity index (χ4v) is 3.74. The number of aromatic nitrogens is 1. The van der Waals surface area contributed by atoms with Crippen LogP contribution in [-0.4, -0.2) is 23.0 Å². The number of ether oxygens (including phenoxy) is 1. The van der Waals surface area contributed by atoms with E-state index >= 15 is 0 Å². The summed E-state index contributed by atoms with van der Waals surface area (Å²) in [6, 6.07) is 15.2. The fraction of sp³-hybridized carbons (Fsp3) is 0.304. The number of amides is 1. The summed E-state index contributed by atoms with van der Waals surface area (Å²) in [5.74, 6) is -0.785. The van der Waals surface area contributed by atoms with E-state index in [1.54, 1.807) is 13.0 Å². The molecule has 1 aliphatic carbocycles. The van der Waals surface area contributed by atoms with Gasteiger partial charge in [-0.1, -0.05) is 30.3 Å². The molecule has 5 heteroatoms. The molecule has 1 unspecified atom stereocenters. The van der Waals surface area contributed by atoms with Gasteiger partial charge in [-0.15, -0.1) is 0 Å². The molecule has 28 heavy (non-hydrogen) atoms. The molecule has 5 nitrogen and oxygen atoms in total. The number of rotatable bonds is 5. The highest BCUT2D eigenvalue weighted by molar-refractivity contribution is 5.97. The molecule has 1 atom stereocenters. The van der Waals surface area contributed by atoms with E-state index in [1.807, 2.05) is 42.5 Å². The predicted octanol–water partition coefficient (Wildman–Crippen LogP) is 3.91. The van der Waals surface area contributed by atoms with Crippen LogP contribution in [0.2, 0.25) is 0 Å². The van der Waals surface area contributed by atoms with Crippen LogP contribution in [0.3, 0.4) is 0 Å². The van der Waals surface area contributed by atoms with Crippen molar-refractivity contribution < 1.29 is 14.3 Å². The number of fused-ring (bicyclic) bond motifs is 3. The Balaban J connectivity index is 1.42. The lowest BCUT2D eigenvalue weighted by Crippen LogP contribution is -2.35. The van der Waals surface area contributed by atoms with Gasteiger partial charge in [-0.2, -0.15) is 0 Å². The van der Waals surface area contributed by atoms with Gasteiger partial charge in [0.2, 0.25) is 0 Å². The lowest BCUT2D eigenvalue weighted by molar-refractivity contribution is -0.129. The van der Waals surface area contributed by atoms with Gasteiger partial charge in [-0.3, -0.25) is 4.79 Å². The first kappa shape index (κ1) is 18.3. The monoisotopic (exact) mass is 376 g/mol. The molecule has 0 spiro atoms. The van der Waals surface area contributed by atoms with E-state index in [-0.39, 0.29) is 5.91 Å². The summed E-state index contributed by atoms with van der Waals surface area (Å²) in [5.41, 5.74) is 5.11. The maximum Gasteiger partial charge on any atom is 0.338 e. The Morgan fingerprint density at radius 2 is 1.89 bits per heavy atom. The van der Waals surface area contributed by atoms with Crippen molar-refractivity contribution in [1.82, 2.24) is 10.3 Å². The molecular weight excluding hydrogens is 352 g/mol. The van der Waals surface area contributed by atoms with Crippen LogP contribution in [0, 0.1) is 0 Å². The normalized spacial score (nSPS) is 14.3. The van der Waals surface area contributed by atoms with E-state index < -0.39 is 12.1 Å². The molecule has 0 aliphatic heterocycles. The van der Waals surface area contributed by atoms with Crippen LogP contribution in [0.25, 0.3) is 10.9 Å². The van der Waals surface area contributed by atoms with Gasteiger partial charge in [0, 0.05) is 23.1 Å². The number of H-pyrrole nitrogens is 1. The summed E-state index contributed by atoms with van der Waals surface area (Å²) in [6.07, 6.45) is 3.61. The van der Waals surface area contributed by atoms with Crippen molar-refractivity contribution in [2.45, 2.75) is 45.3 Å². The molecule has 0 fully saturated rings. The zero-order valence-electron chi connectivity index (χ0n) is 16.0. The molecule has 0 radical (unpaired) electrons. The van der Waals surface area contributed by atoms with Gasteiger partial charge in [0.05, 0.1) is 5.56 Å². The Morgan fingerprint density at radius 1 is 1.11 bits per heavy atom. The minimum atomic E-state index is -0.855. The Kier molecular flexibility index (Phi) is 5.15. The van der Waals surface area contributed by atoms with Crippen LogP contribution in [0.4, 0.5) is 0 Å². The van der Waals surface area contributed by atoms with E-state index in [0.29, 0.717) is 12.1 Å². The van der Waals surface area contributed by atoms with Gasteiger partial charge < -0.3 is 15.0 Å². The molecule has 2 N–H and O–H groups in total. The van der Waals surface area contributed by atoms with Gasteiger partial charge in [0.1, 0.15) is 0 Å². The number of carbonyl (C=O) groups is 2. The largest absolute Gasteiger partial charge is 0.449 e. The van der Waals surface area contributed by atoms with Crippen molar-refractivity contribution in [2.24, 2.45) is 0 Å². The van der Waals surface area contributed by atoms with E-state index in [0.717, 1.165) is 29.3 Å². The highest BCUT2D eigenvalue weighted by Crippen LogP contribution is 2.29. The van der Waals surface area contributed by atoms with E-state index in [1.165, 1.54) is 24.1 Å². The number of hydrogen-bond acceptors (Lipinski definition) is 3. The third-order valence-corrected chi connectivity index (χ3v) is 5.30. The average molecular weight is 376 g/mol. The van der Waals surface area contributed by atoms with Crippen LogP contribution >= 0.6 is 0 Å². The number of esters is 1. The van der Waals surface area contributed by atoms with Gasteiger partial charge in [0.15, 0.2) is 6.10 Å². The van der Waals surface area contributed by atoms with Gasteiger partial charge in [0.25, 0.3) is 5.91 Å². The lowest BCUT2D eigenvalue weighted by Gasteiger charge is -2.14. The molecule has 3 aromatic rings. The zero-order valence-corrected chi connectivity index (χ0v) is 16.0. The Hall–Kier alpha value is -3.08. The van der Waals surface area contributed by atoms with Crippen molar-refractivity contribution in [3.05, 3.63) is 70.9 Å². The minimum Gasteiger partial charge on any atom is -0.449 e. The van der Waals surface area contributed by atoms with Crippen molar-refractivity contribution in [3.63, 3.8) is 0 Å². The third-order valence-electron chi connectivity index (χ3n) is 5.30. The topological polar surface area (TPSA) is 71.2 Å². The average Bonchev–Trinajstić information content (AvgIpc) is 3.10. The molecule has 1 aliphatic rings. The lowest BCUT2D eigenvalue weighted by atomic mass is 9.95. The number of nitrogens with one attached hydrogen (secondary N) is 2. The van der Waals surface area contributed by atoms with E-state index in [4.69, 9.17) is 4.74 Å². The molecule has 4 rings (SSSR count). The predicted molar refractivity (Wildman–Crippen MR) is 108 cm³/mol. The number of benzene rings is 2.